The monoisotopic (exact) mass is 928 g/mol. The Balaban J connectivity index is 1.17. The number of aryl methyl sites for hydroxylation is 2. The minimum absolute atomic E-state index is 0.131. The molecule has 19 heteroatoms. The van der Waals surface area contributed by atoms with Crippen LogP contribution < -0.4 is 30.2 Å². The van der Waals surface area contributed by atoms with Crippen molar-refractivity contribution in [3.63, 3.8) is 0 Å². The van der Waals surface area contributed by atoms with Gasteiger partial charge >= 0.3 is 35.7 Å². The average molecular weight is 929 g/mol. The summed E-state index contributed by atoms with van der Waals surface area (Å²) in [5.41, 5.74) is 2.23. The summed E-state index contributed by atoms with van der Waals surface area (Å²) >= 11 is 0. The number of ether oxygens (including phenoxy) is 8. The Morgan fingerprint density at radius 3 is 1.53 bits per heavy atom. The topological polar surface area (TPSA) is 151 Å². The number of benzene rings is 4. The molecule has 0 saturated carbocycles. The van der Waals surface area contributed by atoms with Gasteiger partial charge in [0.25, 0.3) is 0 Å². The molecule has 350 valence electrons. The quantitative estimate of drug-likeness (QED) is 0.0209. The summed E-state index contributed by atoms with van der Waals surface area (Å²) in [7, 11) is 2.95. The van der Waals surface area contributed by atoms with E-state index in [9.17, 15) is 40.7 Å². The number of rotatable bonds is 22. The van der Waals surface area contributed by atoms with Gasteiger partial charge in [0, 0.05) is 40.1 Å². The Bertz CT molecular complexity index is 2670. The van der Waals surface area contributed by atoms with Gasteiger partial charge in [-0.25, -0.2) is 23.9 Å². The van der Waals surface area contributed by atoms with Gasteiger partial charge in [-0.15, -0.1) is 8.78 Å². The van der Waals surface area contributed by atoms with Crippen molar-refractivity contribution in [2.24, 2.45) is 0 Å². The number of carbonyl (C=O) groups is 1. The molecule has 0 saturated heterocycles. The number of fused-ring (bicyclic) bond motifs is 2. The Morgan fingerprint density at radius 1 is 0.636 bits per heavy atom. The van der Waals surface area contributed by atoms with Gasteiger partial charge in [0.15, 0.2) is 0 Å². The summed E-state index contributed by atoms with van der Waals surface area (Å²) in [5.74, 6) is 0.0717. The van der Waals surface area contributed by atoms with Gasteiger partial charge in [-0.05, 0) is 73.5 Å². The second-order valence-corrected chi connectivity index (χ2v) is 14.6. The van der Waals surface area contributed by atoms with Crippen LogP contribution in [0.1, 0.15) is 24.0 Å². The second kappa shape index (κ2) is 20.6. The summed E-state index contributed by atoms with van der Waals surface area (Å²) in [6.45, 7) is 3.83. The van der Waals surface area contributed by atoms with Crippen molar-refractivity contribution < 1.29 is 77.9 Å². The molecular formula is C47H42F6O13. The standard InChI is InChI=1S/C47H42F6O13/c1-6-42(54)60-18-16-46(50,51)66-47(52,53)65-45(48,49)15-17-59-33(25-61-31-11-9-29-21-36(43(55)63-38(29)23-31)34-13-7-27(2)19-40(34)57-4)26-62-32-12-10-30-22-37(44(56)64-39(30)24-32)35-14-8-28(3)20-41(35)58-5/h6-14,19-24,33H,1,15-18,25-26H2,2-5H3. The number of methoxy groups -OCH3 is 2. The van der Waals surface area contributed by atoms with Crippen molar-refractivity contribution in [3.05, 3.63) is 130 Å². The molecule has 0 N–H and O–H groups in total. The highest BCUT2D eigenvalue weighted by Gasteiger charge is 2.52. The van der Waals surface area contributed by atoms with Crippen molar-refractivity contribution in [1.82, 2.24) is 0 Å². The fourth-order valence-corrected chi connectivity index (χ4v) is 6.45. The van der Waals surface area contributed by atoms with Gasteiger partial charge in [-0.1, -0.05) is 30.8 Å². The van der Waals surface area contributed by atoms with Crippen molar-refractivity contribution in [3.8, 4) is 45.3 Å². The van der Waals surface area contributed by atoms with Crippen LogP contribution in [0.4, 0.5) is 26.3 Å². The minimum atomic E-state index is -5.50. The first-order chi connectivity index (χ1) is 31.3. The van der Waals surface area contributed by atoms with Crippen molar-refractivity contribution >= 4 is 27.9 Å². The van der Waals surface area contributed by atoms with E-state index in [0.29, 0.717) is 39.5 Å². The first-order valence-corrected chi connectivity index (χ1v) is 19.9. The Hall–Kier alpha value is -6.83. The molecule has 0 aliphatic carbocycles. The van der Waals surface area contributed by atoms with Gasteiger partial charge in [-0.2, -0.15) is 17.6 Å². The number of carbonyl (C=O) groups excluding carboxylic acids is 1. The van der Waals surface area contributed by atoms with E-state index >= 15 is 0 Å². The lowest BCUT2D eigenvalue weighted by molar-refractivity contribution is -0.515. The predicted molar refractivity (Wildman–Crippen MR) is 227 cm³/mol. The molecule has 13 nitrogen and oxygen atoms in total. The largest absolute Gasteiger partial charge is 0.496 e. The van der Waals surface area contributed by atoms with Crippen LogP contribution in [0.3, 0.4) is 0 Å². The zero-order valence-electron chi connectivity index (χ0n) is 35.8. The Kier molecular flexibility index (Phi) is 15.1. The summed E-state index contributed by atoms with van der Waals surface area (Å²) in [6, 6.07) is 22.9. The molecule has 2 heterocycles. The number of halogens is 6. The third-order valence-corrected chi connectivity index (χ3v) is 9.67. The molecule has 4 aromatic carbocycles. The van der Waals surface area contributed by atoms with Crippen molar-refractivity contribution in [1.29, 1.82) is 0 Å². The Morgan fingerprint density at radius 2 is 1.09 bits per heavy atom. The second-order valence-electron chi connectivity index (χ2n) is 14.6. The summed E-state index contributed by atoms with van der Waals surface area (Å²) in [4.78, 5) is 37.3. The zero-order chi connectivity index (χ0) is 47.8. The van der Waals surface area contributed by atoms with Gasteiger partial charge < -0.3 is 37.3 Å². The lowest BCUT2D eigenvalue weighted by atomic mass is 10.0. The third kappa shape index (κ3) is 12.7. The molecule has 0 radical (unpaired) electrons. The van der Waals surface area contributed by atoms with Gasteiger partial charge in [0.05, 0.1) is 51.4 Å². The first-order valence-electron chi connectivity index (χ1n) is 19.9. The van der Waals surface area contributed by atoms with E-state index in [4.69, 9.17) is 32.5 Å². The molecule has 0 fully saturated rings. The lowest BCUT2D eigenvalue weighted by Crippen LogP contribution is -2.41. The molecule has 66 heavy (non-hydrogen) atoms. The normalized spacial score (nSPS) is 12.1. The number of alkyl halides is 6. The molecule has 0 aliphatic rings. The van der Waals surface area contributed by atoms with E-state index in [1.807, 2.05) is 26.0 Å². The zero-order valence-corrected chi connectivity index (χ0v) is 35.8. The molecule has 0 aliphatic heterocycles. The van der Waals surface area contributed by atoms with E-state index in [-0.39, 0.29) is 33.8 Å². The van der Waals surface area contributed by atoms with Crippen LogP contribution in [0.5, 0.6) is 23.0 Å². The highest BCUT2D eigenvalue weighted by molar-refractivity contribution is 5.85. The summed E-state index contributed by atoms with van der Waals surface area (Å²) in [5, 5.41) is 1.03. The molecule has 6 rings (SSSR count). The van der Waals surface area contributed by atoms with Crippen LogP contribution in [0.2, 0.25) is 0 Å². The third-order valence-electron chi connectivity index (χ3n) is 9.67. The SMILES string of the molecule is C=CC(=O)OCCC(F)(F)OC(F)(F)OC(F)(F)CCOC(COc1ccc2cc(-c3ccc(C)cc3OC)c(=O)oc2c1)COc1ccc2cc(-c3ccc(C)cc3OC)c(=O)oc2c1. The van der Waals surface area contributed by atoms with E-state index in [2.05, 4.69) is 20.8 Å². The van der Waals surface area contributed by atoms with E-state index in [1.165, 1.54) is 38.5 Å². The molecule has 0 amide bonds. The summed E-state index contributed by atoms with van der Waals surface area (Å²) in [6.07, 6.45) is -18.8. The van der Waals surface area contributed by atoms with Gasteiger partial charge in [-0.3, -0.25) is 0 Å². The lowest BCUT2D eigenvalue weighted by Gasteiger charge is -2.27. The van der Waals surface area contributed by atoms with E-state index < -0.39 is 81.1 Å². The smallest absolute Gasteiger partial charge is 0.494 e. The van der Waals surface area contributed by atoms with E-state index in [0.717, 1.165) is 11.1 Å². The molecule has 2 aromatic heterocycles. The van der Waals surface area contributed by atoms with E-state index in [1.54, 1.807) is 48.5 Å². The molecule has 0 spiro atoms. The van der Waals surface area contributed by atoms with Crippen LogP contribution >= 0.6 is 0 Å². The molecule has 0 atom stereocenters. The van der Waals surface area contributed by atoms with Crippen molar-refractivity contribution in [2.75, 3.05) is 40.6 Å². The van der Waals surface area contributed by atoms with Crippen LogP contribution in [0, 0.1) is 13.8 Å². The van der Waals surface area contributed by atoms with Gasteiger partial charge in [0.2, 0.25) is 0 Å². The summed E-state index contributed by atoms with van der Waals surface area (Å²) < 4.78 is 136. The predicted octanol–water partition coefficient (Wildman–Crippen LogP) is 9.99. The molecular weight excluding hydrogens is 886 g/mol. The Labute approximate surface area is 371 Å². The van der Waals surface area contributed by atoms with Crippen LogP contribution in [0.25, 0.3) is 44.2 Å². The van der Waals surface area contributed by atoms with Crippen LogP contribution in [-0.2, 0) is 23.7 Å². The van der Waals surface area contributed by atoms with Crippen molar-refractivity contribution in [2.45, 2.75) is 51.3 Å². The fourth-order valence-electron chi connectivity index (χ4n) is 6.45. The first kappa shape index (κ1) is 48.6. The van der Waals surface area contributed by atoms with Gasteiger partial charge in [0.1, 0.15) is 53.5 Å². The minimum Gasteiger partial charge on any atom is -0.496 e. The molecule has 0 bridgehead atoms. The maximum Gasteiger partial charge on any atom is 0.494 e. The highest BCUT2D eigenvalue weighted by Crippen LogP contribution is 2.37. The number of esters is 1. The fraction of sp³-hybridized carbons (Fsp3) is 0.298. The maximum absolute atomic E-state index is 14.7. The number of hydrogen-bond donors (Lipinski definition) is 0. The van der Waals surface area contributed by atoms with Crippen LogP contribution in [-0.4, -0.2) is 71.2 Å². The van der Waals surface area contributed by atoms with Crippen LogP contribution in [0.15, 0.2) is 116 Å². The highest BCUT2D eigenvalue weighted by atomic mass is 19.3. The molecule has 0 unspecified atom stereocenters. The molecule has 6 aromatic rings. The maximum atomic E-state index is 14.7. The number of hydrogen-bond acceptors (Lipinski definition) is 13. The average Bonchev–Trinajstić information content (AvgIpc) is 3.25.